The Balaban J connectivity index is 1.77. The molecule has 26 heavy (non-hydrogen) atoms. The molecule has 0 spiro atoms. The number of rotatable bonds is 7. The van der Waals surface area contributed by atoms with E-state index in [1.54, 1.807) is 30.5 Å². The summed E-state index contributed by atoms with van der Waals surface area (Å²) in [4.78, 5) is 20.3. The minimum Gasteiger partial charge on any atom is -0.465 e. The van der Waals surface area contributed by atoms with E-state index in [2.05, 4.69) is 39.8 Å². The second kappa shape index (κ2) is 9.91. The smallest absolute Gasteiger partial charge is 0.337 e. The first-order chi connectivity index (χ1) is 12.5. The number of thiazole rings is 1. The Hall–Kier alpha value is -2.41. The largest absolute Gasteiger partial charge is 0.465 e. The Bertz CT molecular complexity index is 738. The first-order valence-electron chi connectivity index (χ1n) is 8.59. The molecular weight excluding hydrogens is 348 g/mol. The summed E-state index contributed by atoms with van der Waals surface area (Å²) in [5.74, 6) is 0.877. The average molecular weight is 375 g/mol. The number of carbonyl (C=O) groups is 1. The molecule has 0 saturated heterocycles. The van der Waals surface area contributed by atoms with Crippen LogP contribution in [0, 0.1) is 0 Å². The first kappa shape index (κ1) is 19.9. The predicted molar refractivity (Wildman–Crippen MR) is 106 cm³/mol. The maximum Gasteiger partial charge on any atom is 0.337 e. The molecule has 0 radical (unpaired) electrons. The van der Waals surface area contributed by atoms with Crippen molar-refractivity contribution in [2.45, 2.75) is 32.7 Å². The van der Waals surface area contributed by atoms with Crippen LogP contribution in [0.15, 0.2) is 34.6 Å². The number of nitrogens with zero attached hydrogens (tertiary/aromatic N) is 2. The van der Waals surface area contributed by atoms with Crippen molar-refractivity contribution in [3.8, 4) is 0 Å². The predicted octanol–water partition coefficient (Wildman–Crippen LogP) is 2.96. The van der Waals surface area contributed by atoms with Crippen LogP contribution in [0.1, 0.15) is 46.4 Å². The molecule has 6 nitrogen and oxygen atoms in total. The zero-order valence-corrected chi connectivity index (χ0v) is 16.5. The molecule has 2 N–H and O–H groups in total. The SMILES string of the molecule is CN=C(NCCc1ccc(C(=O)OC)cc1)NCc1nc(C(C)C)cs1. The molecule has 0 fully saturated rings. The maximum atomic E-state index is 11.4. The quantitative estimate of drug-likeness (QED) is 0.443. The van der Waals surface area contributed by atoms with Crippen LogP contribution >= 0.6 is 11.3 Å². The Morgan fingerprint density at radius 3 is 2.58 bits per heavy atom. The lowest BCUT2D eigenvalue weighted by molar-refractivity contribution is 0.0600. The summed E-state index contributed by atoms with van der Waals surface area (Å²) in [6.45, 7) is 5.69. The number of ether oxygens (including phenoxy) is 1. The van der Waals surface area contributed by atoms with E-state index in [-0.39, 0.29) is 5.97 Å². The van der Waals surface area contributed by atoms with Gasteiger partial charge in [-0.15, -0.1) is 11.3 Å². The molecule has 0 saturated carbocycles. The lowest BCUT2D eigenvalue weighted by Crippen LogP contribution is -2.37. The van der Waals surface area contributed by atoms with E-state index in [1.165, 1.54) is 7.11 Å². The summed E-state index contributed by atoms with van der Waals surface area (Å²) < 4.78 is 4.70. The molecule has 0 bridgehead atoms. The standard InChI is InChI=1S/C19H26N4O2S/c1-13(2)16-12-26-17(23-16)11-22-19(20-3)21-10-9-14-5-7-15(8-6-14)18(24)25-4/h5-8,12-13H,9-11H2,1-4H3,(H2,20,21,22). The highest BCUT2D eigenvalue weighted by molar-refractivity contribution is 7.09. The van der Waals surface area contributed by atoms with Gasteiger partial charge < -0.3 is 15.4 Å². The van der Waals surface area contributed by atoms with Gasteiger partial charge in [-0.25, -0.2) is 9.78 Å². The molecule has 2 rings (SSSR count). The van der Waals surface area contributed by atoms with Crippen molar-refractivity contribution in [1.29, 1.82) is 0 Å². The number of aliphatic imine (C=N–C) groups is 1. The molecule has 1 aromatic heterocycles. The number of esters is 1. The minimum atomic E-state index is -0.318. The van der Waals surface area contributed by atoms with Crippen molar-refractivity contribution in [2.24, 2.45) is 4.99 Å². The summed E-state index contributed by atoms with van der Waals surface area (Å²) in [5.41, 5.74) is 2.83. The van der Waals surface area contributed by atoms with Crippen molar-refractivity contribution >= 4 is 23.3 Å². The highest BCUT2D eigenvalue weighted by atomic mass is 32.1. The first-order valence-corrected chi connectivity index (χ1v) is 9.47. The van der Waals surface area contributed by atoms with Gasteiger partial charge in [0.05, 0.1) is 24.9 Å². The van der Waals surface area contributed by atoms with E-state index >= 15 is 0 Å². The van der Waals surface area contributed by atoms with Crippen molar-refractivity contribution < 1.29 is 9.53 Å². The van der Waals surface area contributed by atoms with Crippen LogP contribution in [0.5, 0.6) is 0 Å². The van der Waals surface area contributed by atoms with Gasteiger partial charge >= 0.3 is 5.97 Å². The van der Waals surface area contributed by atoms with Gasteiger partial charge in [-0.1, -0.05) is 26.0 Å². The van der Waals surface area contributed by atoms with Gasteiger partial charge in [0.15, 0.2) is 5.96 Å². The fourth-order valence-corrected chi connectivity index (χ4v) is 3.20. The van der Waals surface area contributed by atoms with Crippen molar-refractivity contribution in [1.82, 2.24) is 15.6 Å². The third kappa shape index (κ3) is 5.84. The molecule has 0 atom stereocenters. The molecule has 140 valence electrons. The van der Waals surface area contributed by atoms with E-state index in [0.717, 1.165) is 35.2 Å². The third-order valence-electron chi connectivity index (χ3n) is 3.87. The van der Waals surface area contributed by atoms with Gasteiger partial charge in [0.2, 0.25) is 0 Å². The minimum absolute atomic E-state index is 0.318. The van der Waals surface area contributed by atoms with E-state index in [1.807, 2.05) is 12.1 Å². The Kier molecular flexibility index (Phi) is 7.59. The highest BCUT2D eigenvalue weighted by Gasteiger charge is 2.07. The number of hydrogen-bond donors (Lipinski definition) is 2. The molecule has 7 heteroatoms. The van der Waals surface area contributed by atoms with Crippen LogP contribution in [0.2, 0.25) is 0 Å². The Labute approximate surface area is 158 Å². The number of nitrogens with one attached hydrogen (secondary N) is 2. The summed E-state index contributed by atoms with van der Waals surface area (Å²) in [6.07, 6.45) is 0.830. The molecule has 2 aromatic rings. The topological polar surface area (TPSA) is 75.6 Å². The van der Waals surface area contributed by atoms with Crippen LogP contribution in [0.25, 0.3) is 0 Å². The fraction of sp³-hybridized carbons (Fsp3) is 0.421. The zero-order chi connectivity index (χ0) is 18.9. The van der Waals surface area contributed by atoms with E-state index in [9.17, 15) is 4.79 Å². The molecule has 0 unspecified atom stereocenters. The van der Waals surface area contributed by atoms with Crippen LogP contribution in [-0.2, 0) is 17.7 Å². The highest BCUT2D eigenvalue weighted by Crippen LogP contribution is 2.17. The molecular formula is C19H26N4O2S. The van der Waals surface area contributed by atoms with Crippen LogP contribution in [-0.4, -0.2) is 37.6 Å². The number of aromatic nitrogens is 1. The van der Waals surface area contributed by atoms with E-state index in [4.69, 9.17) is 4.74 Å². The van der Waals surface area contributed by atoms with Gasteiger partial charge in [-0.2, -0.15) is 0 Å². The van der Waals surface area contributed by atoms with Crippen LogP contribution in [0.4, 0.5) is 0 Å². The van der Waals surface area contributed by atoms with E-state index < -0.39 is 0 Å². The lowest BCUT2D eigenvalue weighted by Gasteiger charge is -2.11. The number of guanidine groups is 1. The van der Waals surface area contributed by atoms with Crippen molar-refractivity contribution in [3.05, 3.63) is 51.5 Å². The van der Waals surface area contributed by atoms with Crippen molar-refractivity contribution in [3.63, 3.8) is 0 Å². The summed E-state index contributed by atoms with van der Waals surface area (Å²) in [5, 5.41) is 9.73. The summed E-state index contributed by atoms with van der Waals surface area (Å²) in [6, 6.07) is 7.44. The Morgan fingerprint density at radius 1 is 1.27 bits per heavy atom. The van der Waals surface area contributed by atoms with E-state index in [0.29, 0.717) is 18.0 Å². The lowest BCUT2D eigenvalue weighted by atomic mass is 10.1. The van der Waals surface area contributed by atoms with Crippen LogP contribution in [0.3, 0.4) is 0 Å². The van der Waals surface area contributed by atoms with Crippen LogP contribution < -0.4 is 10.6 Å². The van der Waals surface area contributed by atoms with Gasteiger partial charge in [0.1, 0.15) is 5.01 Å². The Morgan fingerprint density at radius 2 is 2.00 bits per heavy atom. The van der Waals surface area contributed by atoms with Gasteiger partial charge in [-0.05, 0) is 30.0 Å². The molecule has 0 aliphatic heterocycles. The average Bonchev–Trinajstić information content (AvgIpc) is 3.13. The monoisotopic (exact) mass is 374 g/mol. The molecule has 0 aliphatic rings. The van der Waals surface area contributed by atoms with Gasteiger partial charge in [0, 0.05) is 19.0 Å². The number of hydrogen-bond acceptors (Lipinski definition) is 5. The molecule has 1 heterocycles. The number of carbonyl (C=O) groups excluding carboxylic acids is 1. The zero-order valence-electron chi connectivity index (χ0n) is 15.7. The number of benzene rings is 1. The molecule has 0 amide bonds. The number of methoxy groups -OCH3 is 1. The maximum absolute atomic E-state index is 11.4. The van der Waals surface area contributed by atoms with Gasteiger partial charge in [-0.3, -0.25) is 4.99 Å². The summed E-state index contributed by atoms with van der Waals surface area (Å²) >= 11 is 1.66. The third-order valence-corrected chi connectivity index (χ3v) is 4.74. The molecule has 0 aliphatic carbocycles. The second-order valence-electron chi connectivity index (χ2n) is 6.11. The fourth-order valence-electron chi connectivity index (χ4n) is 2.30. The molecule has 1 aromatic carbocycles. The van der Waals surface area contributed by atoms with Gasteiger partial charge in [0.25, 0.3) is 0 Å². The normalized spacial score (nSPS) is 11.5. The van der Waals surface area contributed by atoms with Crippen molar-refractivity contribution in [2.75, 3.05) is 20.7 Å². The second-order valence-corrected chi connectivity index (χ2v) is 7.05. The summed E-state index contributed by atoms with van der Waals surface area (Å²) in [7, 11) is 3.13.